The molecule has 0 atom stereocenters. The zero-order valence-electron chi connectivity index (χ0n) is 11.5. The third-order valence-corrected chi connectivity index (χ3v) is 3.18. The Hall–Kier alpha value is -1.88. The summed E-state index contributed by atoms with van der Waals surface area (Å²) in [5.41, 5.74) is -0.0964. The van der Waals surface area contributed by atoms with E-state index in [4.69, 9.17) is 0 Å². The van der Waals surface area contributed by atoms with Crippen LogP contribution in [0.4, 0.5) is 17.6 Å². The lowest BCUT2D eigenvalue weighted by molar-refractivity contribution is 0.459. The maximum absolute atomic E-state index is 14.0. The Morgan fingerprint density at radius 1 is 0.857 bits per heavy atom. The van der Waals surface area contributed by atoms with Gasteiger partial charge in [-0.05, 0) is 25.1 Å². The van der Waals surface area contributed by atoms with Gasteiger partial charge in [-0.15, -0.1) is 0 Å². The van der Waals surface area contributed by atoms with Gasteiger partial charge >= 0.3 is 0 Å². The van der Waals surface area contributed by atoms with Gasteiger partial charge in [-0.2, -0.15) is 0 Å². The van der Waals surface area contributed by atoms with Crippen LogP contribution in [0.15, 0.2) is 36.4 Å². The van der Waals surface area contributed by atoms with Gasteiger partial charge in [-0.3, -0.25) is 0 Å². The van der Waals surface area contributed by atoms with Crippen LogP contribution in [0.2, 0.25) is 0 Å². The predicted octanol–water partition coefficient (Wildman–Crippen LogP) is 4.33. The lowest BCUT2D eigenvalue weighted by Gasteiger charge is -2.21. The molecule has 0 aliphatic rings. The third-order valence-electron chi connectivity index (χ3n) is 3.18. The van der Waals surface area contributed by atoms with Crippen LogP contribution in [0.1, 0.15) is 30.5 Å². The van der Waals surface area contributed by atoms with Crippen LogP contribution in [0.5, 0.6) is 0 Å². The van der Waals surface area contributed by atoms with Gasteiger partial charge in [0.05, 0.1) is 6.04 Å². The van der Waals surface area contributed by atoms with Gasteiger partial charge in [0, 0.05) is 11.1 Å². The molecule has 2 aromatic rings. The lowest BCUT2D eigenvalue weighted by atomic mass is 9.97. The quantitative estimate of drug-likeness (QED) is 0.810. The van der Waals surface area contributed by atoms with Crippen LogP contribution in [0.3, 0.4) is 0 Å². The molecule has 0 radical (unpaired) electrons. The van der Waals surface area contributed by atoms with E-state index >= 15 is 0 Å². The van der Waals surface area contributed by atoms with Crippen molar-refractivity contribution in [2.24, 2.45) is 0 Å². The zero-order chi connectivity index (χ0) is 15.4. The Labute approximate surface area is 120 Å². The number of hydrogen-bond acceptors (Lipinski definition) is 1. The number of halogens is 4. The summed E-state index contributed by atoms with van der Waals surface area (Å²) in [4.78, 5) is 0. The fourth-order valence-electron chi connectivity index (χ4n) is 2.16. The van der Waals surface area contributed by atoms with Crippen molar-refractivity contribution < 1.29 is 17.6 Å². The highest BCUT2D eigenvalue weighted by molar-refractivity contribution is 5.34. The molecular weight excluding hydrogens is 282 g/mol. The highest BCUT2D eigenvalue weighted by Crippen LogP contribution is 2.28. The summed E-state index contributed by atoms with van der Waals surface area (Å²) in [6.07, 6.45) is 0.713. The van der Waals surface area contributed by atoms with Crippen molar-refractivity contribution >= 4 is 0 Å². The van der Waals surface area contributed by atoms with Gasteiger partial charge in [0.1, 0.15) is 0 Å². The van der Waals surface area contributed by atoms with E-state index in [0.717, 1.165) is 12.1 Å². The average Bonchev–Trinajstić information content (AvgIpc) is 2.47. The zero-order valence-corrected chi connectivity index (χ0v) is 11.5. The molecule has 112 valence electrons. The molecule has 1 N–H and O–H groups in total. The van der Waals surface area contributed by atoms with Crippen molar-refractivity contribution in [1.29, 1.82) is 0 Å². The molecule has 0 spiro atoms. The van der Waals surface area contributed by atoms with Gasteiger partial charge in [0.25, 0.3) is 0 Å². The molecule has 2 aromatic carbocycles. The van der Waals surface area contributed by atoms with Gasteiger partial charge in [-0.1, -0.05) is 31.2 Å². The first-order valence-corrected chi connectivity index (χ1v) is 6.67. The van der Waals surface area contributed by atoms with Crippen LogP contribution < -0.4 is 5.32 Å². The SMILES string of the molecule is CCCNC(c1cccc(F)c1F)c1cccc(F)c1F. The fourth-order valence-corrected chi connectivity index (χ4v) is 2.16. The normalized spacial score (nSPS) is 11.1. The smallest absolute Gasteiger partial charge is 0.163 e. The molecule has 0 amide bonds. The molecule has 0 aliphatic carbocycles. The topological polar surface area (TPSA) is 12.0 Å². The minimum atomic E-state index is -1.06. The predicted molar refractivity (Wildman–Crippen MR) is 72.9 cm³/mol. The molecule has 0 aromatic heterocycles. The first kappa shape index (κ1) is 15.5. The van der Waals surface area contributed by atoms with E-state index in [1.807, 2.05) is 6.92 Å². The summed E-state index contributed by atoms with van der Waals surface area (Å²) in [6, 6.07) is 6.41. The second-order valence-electron chi connectivity index (χ2n) is 4.67. The van der Waals surface area contributed by atoms with Gasteiger partial charge in [0.2, 0.25) is 0 Å². The Bertz CT molecular complexity index is 576. The Morgan fingerprint density at radius 3 is 1.76 bits per heavy atom. The molecule has 0 saturated carbocycles. The van der Waals surface area contributed by atoms with Crippen LogP contribution in [-0.2, 0) is 0 Å². The van der Waals surface area contributed by atoms with E-state index in [0.29, 0.717) is 13.0 Å². The van der Waals surface area contributed by atoms with Crippen molar-refractivity contribution in [1.82, 2.24) is 5.32 Å². The summed E-state index contributed by atoms with van der Waals surface area (Å²) >= 11 is 0. The van der Waals surface area contributed by atoms with E-state index in [-0.39, 0.29) is 11.1 Å². The Morgan fingerprint density at radius 2 is 1.33 bits per heavy atom. The molecule has 1 nitrogen and oxygen atoms in total. The average molecular weight is 297 g/mol. The second-order valence-corrected chi connectivity index (χ2v) is 4.67. The molecule has 5 heteroatoms. The largest absolute Gasteiger partial charge is 0.306 e. The molecule has 0 unspecified atom stereocenters. The van der Waals surface area contributed by atoms with Crippen LogP contribution in [-0.4, -0.2) is 6.54 Å². The maximum atomic E-state index is 14.0. The van der Waals surface area contributed by atoms with E-state index in [9.17, 15) is 17.6 Å². The van der Waals surface area contributed by atoms with E-state index in [1.54, 1.807) is 0 Å². The summed E-state index contributed by atoms with van der Waals surface area (Å²) < 4.78 is 54.7. The Balaban J connectivity index is 2.52. The van der Waals surface area contributed by atoms with Crippen molar-refractivity contribution in [2.75, 3.05) is 6.54 Å². The molecule has 21 heavy (non-hydrogen) atoms. The van der Waals surface area contributed by atoms with Crippen LogP contribution >= 0.6 is 0 Å². The highest BCUT2D eigenvalue weighted by Gasteiger charge is 2.23. The van der Waals surface area contributed by atoms with Crippen LogP contribution in [0, 0.1) is 23.3 Å². The number of rotatable bonds is 5. The van der Waals surface area contributed by atoms with E-state index in [2.05, 4.69) is 5.32 Å². The summed E-state index contributed by atoms with van der Waals surface area (Å²) in [6.45, 7) is 2.34. The summed E-state index contributed by atoms with van der Waals surface area (Å²) in [5, 5.41) is 2.92. The van der Waals surface area contributed by atoms with E-state index in [1.165, 1.54) is 24.3 Å². The number of benzene rings is 2. The molecule has 0 aliphatic heterocycles. The number of hydrogen-bond donors (Lipinski definition) is 1. The van der Waals surface area contributed by atoms with Gasteiger partial charge in [0.15, 0.2) is 23.3 Å². The monoisotopic (exact) mass is 297 g/mol. The minimum absolute atomic E-state index is 0.0482. The van der Waals surface area contributed by atoms with Gasteiger partial charge in [-0.25, -0.2) is 17.6 Å². The third kappa shape index (κ3) is 3.24. The maximum Gasteiger partial charge on any atom is 0.163 e. The number of nitrogens with one attached hydrogen (secondary N) is 1. The van der Waals surface area contributed by atoms with Crippen molar-refractivity contribution in [3.8, 4) is 0 Å². The molecule has 2 rings (SSSR count). The lowest BCUT2D eigenvalue weighted by Crippen LogP contribution is -2.25. The fraction of sp³-hybridized carbons (Fsp3) is 0.250. The molecule has 0 heterocycles. The van der Waals surface area contributed by atoms with E-state index < -0.39 is 29.3 Å². The van der Waals surface area contributed by atoms with Crippen molar-refractivity contribution in [3.05, 3.63) is 70.8 Å². The summed E-state index contributed by atoms with van der Waals surface area (Å²) in [5.74, 6) is -4.16. The van der Waals surface area contributed by atoms with Crippen molar-refractivity contribution in [2.45, 2.75) is 19.4 Å². The highest BCUT2D eigenvalue weighted by atomic mass is 19.2. The second kappa shape index (κ2) is 6.72. The van der Waals surface area contributed by atoms with Crippen LogP contribution in [0.25, 0.3) is 0 Å². The summed E-state index contributed by atoms with van der Waals surface area (Å²) in [7, 11) is 0. The standard InChI is InChI=1S/C16H15F4N/c1-2-9-21-16(10-5-3-7-12(17)14(10)19)11-6-4-8-13(18)15(11)20/h3-8,16,21H,2,9H2,1H3. The molecular formula is C16H15F4N. The minimum Gasteiger partial charge on any atom is -0.306 e. The first-order valence-electron chi connectivity index (χ1n) is 6.67. The molecule has 0 bridgehead atoms. The molecule has 0 saturated heterocycles. The first-order chi connectivity index (χ1) is 10.1. The Kier molecular flexibility index (Phi) is 4.96. The van der Waals surface area contributed by atoms with Crippen molar-refractivity contribution in [3.63, 3.8) is 0 Å². The van der Waals surface area contributed by atoms with Gasteiger partial charge < -0.3 is 5.32 Å². The molecule has 0 fully saturated rings.